The van der Waals surface area contributed by atoms with E-state index in [0.717, 1.165) is 12.5 Å². The fraction of sp³-hybridized carbons (Fsp3) is 0.963. The van der Waals surface area contributed by atoms with Crippen molar-refractivity contribution >= 4 is 34.9 Å². The second-order valence-corrected chi connectivity index (χ2v) is 18.2. The van der Waals surface area contributed by atoms with Gasteiger partial charge in [0.05, 0.1) is 6.54 Å². The minimum Gasteiger partial charge on any atom is -0.211 e. The quantitative estimate of drug-likeness (QED) is 0.0377. The maximum absolute atomic E-state index is 9.96. The molecule has 0 aromatic carbocycles. The predicted molar refractivity (Wildman–Crippen MR) is 147 cm³/mol. The zero-order valence-corrected chi connectivity index (χ0v) is 23.8. The average molecular weight is 507 g/mol. The van der Waals surface area contributed by atoms with Crippen molar-refractivity contribution in [1.29, 1.82) is 0 Å². The summed E-state index contributed by atoms with van der Waals surface area (Å²) in [7, 11) is 0. The molecule has 0 aliphatic carbocycles. The van der Waals surface area contributed by atoms with Crippen LogP contribution in [0, 0.1) is 0 Å². The number of rotatable bonds is 26. The lowest BCUT2D eigenvalue weighted by atomic mass is 10.0. The van der Waals surface area contributed by atoms with E-state index in [1.165, 1.54) is 141 Å². The van der Waals surface area contributed by atoms with Gasteiger partial charge in [0.25, 0.3) is 0 Å². The molecule has 0 N–H and O–H groups in total. The van der Waals surface area contributed by atoms with Crippen LogP contribution in [0.1, 0.15) is 148 Å². The van der Waals surface area contributed by atoms with Gasteiger partial charge < -0.3 is 0 Å². The Labute approximate surface area is 211 Å². The second kappa shape index (κ2) is 25.8. The van der Waals surface area contributed by atoms with Crippen LogP contribution in [-0.2, 0) is 4.79 Å². The molecular formula is C27H53Cl2NOSi. The number of hydrogen-bond donors (Lipinski definition) is 0. The number of unbranched alkanes of at least 4 members (excludes halogenated alkanes) is 22. The lowest BCUT2D eigenvalue weighted by Crippen LogP contribution is -2.11. The summed E-state index contributed by atoms with van der Waals surface area (Å²) in [5.41, 5.74) is 0. The largest absolute Gasteiger partial charge is 0.248 e. The Hall–Kier alpha value is 0.177. The molecule has 0 atom stereocenters. The lowest BCUT2D eigenvalue weighted by Gasteiger charge is -2.09. The highest BCUT2D eigenvalue weighted by molar-refractivity contribution is 7.44. The molecule has 0 aliphatic heterocycles. The lowest BCUT2D eigenvalue weighted by molar-refractivity contribution is 0.518. The molecule has 0 unspecified atom stereocenters. The highest BCUT2D eigenvalue weighted by Crippen LogP contribution is 2.23. The van der Waals surface area contributed by atoms with Crippen molar-refractivity contribution in [3.05, 3.63) is 0 Å². The highest BCUT2D eigenvalue weighted by atomic mass is 35.7. The second-order valence-electron chi connectivity index (χ2n) is 9.92. The van der Waals surface area contributed by atoms with Crippen molar-refractivity contribution in [3.63, 3.8) is 0 Å². The molecule has 2 nitrogen and oxygen atoms in total. The Balaban J connectivity index is 3.04. The highest BCUT2D eigenvalue weighted by Gasteiger charge is 2.19. The van der Waals surface area contributed by atoms with E-state index in [2.05, 4.69) is 4.99 Å². The third-order valence-corrected chi connectivity index (χ3v) is 8.82. The number of aliphatic imine (C=N–C) groups is 1. The monoisotopic (exact) mass is 505 g/mol. The number of nitrogens with zero attached hydrogens (tertiary/aromatic N) is 1. The fourth-order valence-corrected chi connectivity index (χ4v) is 6.06. The third-order valence-electron chi connectivity index (χ3n) is 6.45. The van der Waals surface area contributed by atoms with E-state index in [1.807, 2.05) is 6.55 Å². The van der Waals surface area contributed by atoms with Crippen molar-refractivity contribution in [2.24, 2.45) is 4.99 Å². The summed E-state index contributed by atoms with van der Waals surface area (Å²) in [6, 6.07) is 1.05. The molecule has 0 bridgehead atoms. The zero-order chi connectivity index (χ0) is 23.6. The number of halogens is 2. The molecule has 0 saturated heterocycles. The third kappa shape index (κ3) is 30.2. The first-order valence-corrected chi connectivity index (χ1v) is 18.7. The molecule has 0 saturated carbocycles. The average Bonchev–Trinajstić information content (AvgIpc) is 2.75. The van der Waals surface area contributed by atoms with Gasteiger partial charge in [-0.25, -0.2) is 9.79 Å². The molecule has 32 heavy (non-hydrogen) atoms. The van der Waals surface area contributed by atoms with Crippen molar-refractivity contribution in [2.45, 2.75) is 160 Å². The predicted octanol–water partition coefficient (Wildman–Crippen LogP) is 10.8. The van der Waals surface area contributed by atoms with E-state index >= 15 is 0 Å². The summed E-state index contributed by atoms with van der Waals surface area (Å²) >= 11 is 12.3. The topological polar surface area (TPSA) is 29.4 Å². The Kier molecular flexibility index (Phi) is 25.9. The van der Waals surface area contributed by atoms with Crippen LogP contribution in [0.25, 0.3) is 0 Å². The number of hydrogen-bond acceptors (Lipinski definition) is 2. The van der Waals surface area contributed by atoms with Crippen molar-refractivity contribution < 1.29 is 4.79 Å². The van der Waals surface area contributed by atoms with Gasteiger partial charge in [-0.05, 0) is 19.0 Å². The van der Waals surface area contributed by atoms with Crippen molar-refractivity contribution in [2.75, 3.05) is 6.54 Å². The SMILES string of the molecule is C[Si](Cl)(Cl)CCCCCCCCCCCCCCCCCCCCCCCCCN=C=O. The standard InChI is InChI=1S/C27H53Cl2NOSi/c1-32(28,29)26-24-22-20-18-16-14-12-10-8-6-4-2-3-5-7-9-11-13-15-17-19-21-23-25-30-27-31/h2-26H2,1H3. The molecule has 0 rings (SSSR count). The van der Waals surface area contributed by atoms with Crippen molar-refractivity contribution in [1.82, 2.24) is 0 Å². The zero-order valence-electron chi connectivity index (χ0n) is 21.3. The molecule has 0 spiro atoms. The van der Waals surface area contributed by atoms with Gasteiger partial charge in [0, 0.05) is 0 Å². The van der Waals surface area contributed by atoms with E-state index in [0.29, 0.717) is 6.54 Å². The summed E-state index contributed by atoms with van der Waals surface area (Å²) in [5.74, 6) is 0. The summed E-state index contributed by atoms with van der Waals surface area (Å²) in [6.45, 7) is 0.850. The first-order valence-electron chi connectivity index (χ1n) is 14.0. The smallest absolute Gasteiger partial charge is 0.211 e. The van der Waals surface area contributed by atoms with Crippen LogP contribution in [0.15, 0.2) is 4.99 Å². The van der Waals surface area contributed by atoms with E-state index in [1.54, 1.807) is 6.08 Å². The normalized spacial score (nSPS) is 11.6. The molecular weight excluding hydrogens is 453 g/mol. The van der Waals surface area contributed by atoms with Crippen LogP contribution in [0.4, 0.5) is 0 Å². The van der Waals surface area contributed by atoms with E-state index in [4.69, 9.17) is 22.2 Å². The molecule has 0 fully saturated rings. The van der Waals surface area contributed by atoms with E-state index in [9.17, 15) is 4.79 Å². The molecule has 0 radical (unpaired) electrons. The van der Waals surface area contributed by atoms with Gasteiger partial charge in [0.2, 0.25) is 12.8 Å². The van der Waals surface area contributed by atoms with E-state index in [-0.39, 0.29) is 0 Å². The Bertz CT molecular complexity index is 422. The van der Waals surface area contributed by atoms with Crippen LogP contribution < -0.4 is 0 Å². The van der Waals surface area contributed by atoms with Gasteiger partial charge >= 0.3 is 0 Å². The van der Waals surface area contributed by atoms with Gasteiger partial charge in [-0.15, -0.1) is 22.2 Å². The Morgan fingerprint density at radius 3 is 1.00 bits per heavy atom. The Morgan fingerprint density at radius 2 is 0.750 bits per heavy atom. The summed E-state index contributed by atoms with van der Waals surface area (Å²) < 4.78 is 0. The van der Waals surface area contributed by atoms with Crippen LogP contribution in [0.3, 0.4) is 0 Å². The van der Waals surface area contributed by atoms with Gasteiger partial charge in [-0.1, -0.05) is 141 Å². The van der Waals surface area contributed by atoms with Gasteiger partial charge in [0.1, 0.15) is 0 Å². The molecule has 0 amide bonds. The maximum atomic E-state index is 9.96. The van der Waals surface area contributed by atoms with Crippen LogP contribution in [-0.4, -0.2) is 19.3 Å². The summed E-state index contributed by atoms with van der Waals surface area (Å²) in [5, 5.41) is 0. The van der Waals surface area contributed by atoms with E-state index < -0.39 is 6.69 Å². The first-order chi connectivity index (χ1) is 15.6. The molecule has 0 aromatic rings. The molecule has 190 valence electrons. The van der Waals surface area contributed by atoms with Crippen LogP contribution >= 0.6 is 22.2 Å². The van der Waals surface area contributed by atoms with Crippen molar-refractivity contribution in [3.8, 4) is 0 Å². The number of isocyanates is 1. The van der Waals surface area contributed by atoms with Gasteiger partial charge in [-0.2, -0.15) is 0 Å². The molecule has 0 aliphatic rings. The minimum absolute atomic E-state index is 0.663. The molecule has 5 heteroatoms. The fourth-order valence-electron chi connectivity index (χ4n) is 4.38. The minimum atomic E-state index is -1.84. The van der Waals surface area contributed by atoms with Gasteiger partial charge in [-0.3, -0.25) is 0 Å². The molecule has 0 heterocycles. The van der Waals surface area contributed by atoms with Crippen LogP contribution in [0.5, 0.6) is 0 Å². The maximum Gasteiger partial charge on any atom is 0.248 e. The van der Waals surface area contributed by atoms with Gasteiger partial charge in [0.15, 0.2) is 0 Å². The summed E-state index contributed by atoms with van der Waals surface area (Å²) in [6.07, 6.45) is 33.2. The molecule has 0 aromatic heterocycles. The number of carbonyl (C=O) groups excluding carboxylic acids is 1. The van der Waals surface area contributed by atoms with Crippen LogP contribution in [0.2, 0.25) is 12.6 Å². The Morgan fingerprint density at radius 1 is 0.500 bits per heavy atom. The summed E-state index contributed by atoms with van der Waals surface area (Å²) in [4.78, 5) is 13.5. The first kappa shape index (κ1) is 32.2.